The highest BCUT2D eigenvalue weighted by atomic mass is 16.5. The van der Waals surface area contributed by atoms with Gasteiger partial charge in [0.05, 0.1) is 7.11 Å². The van der Waals surface area contributed by atoms with Crippen LogP contribution in [0.3, 0.4) is 0 Å². The van der Waals surface area contributed by atoms with Gasteiger partial charge in [-0.05, 0) is 61.3 Å². The van der Waals surface area contributed by atoms with Crippen LogP contribution in [0, 0.1) is 6.92 Å². The normalized spacial score (nSPS) is 11.1. The molecule has 0 saturated carbocycles. The van der Waals surface area contributed by atoms with E-state index in [-0.39, 0.29) is 5.75 Å². The molecule has 0 bridgehead atoms. The van der Waals surface area contributed by atoms with Crippen molar-refractivity contribution < 1.29 is 9.84 Å². The first-order chi connectivity index (χ1) is 11.1. The molecule has 3 N–H and O–H groups in total. The van der Waals surface area contributed by atoms with Crippen LogP contribution in [0.5, 0.6) is 11.5 Å². The fourth-order valence-corrected chi connectivity index (χ4v) is 3.12. The molecule has 0 radical (unpaired) electrons. The Morgan fingerprint density at radius 2 is 1.87 bits per heavy atom. The van der Waals surface area contributed by atoms with E-state index in [4.69, 9.17) is 10.5 Å². The number of ether oxygens (including phenoxy) is 1. The third kappa shape index (κ3) is 2.90. The third-order valence-corrected chi connectivity index (χ3v) is 4.33. The maximum Gasteiger partial charge on any atom is 0.118 e. The summed E-state index contributed by atoms with van der Waals surface area (Å²) in [6.07, 6.45) is 0.807. The summed E-state index contributed by atoms with van der Waals surface area (Å²) in [4.78, 5) is 0. The molecule has 0 fully saturated rings. The number of aromatic hydroxyl groups is 1. The van der Waals surface area contributed by atoms with Gasteiger partial charge in [0.25, 0.3) is 0 Å². The molecule has 0 atom stereocenters. The number of fused-ring (bicyclic) bond motifs is 1. The average molecular weight is 310 g/mol. The van der Waals surface area contributed by atoms with Gasteiger partial charge in [-0.1, -0.05) is 12.1 Å². The lowest BCUT2D eigenvalue weighted by Crippen LogP contribution is -2.06. The zero-order valence-corrected chi connectivity index (χ0v) is 13.5. The molecular weight excluding hydrogens is 288 g/mol. The van der Waals surface area contributed by atoms with Crippen molar-refractivity contribution in [2.75, 3.05) is 13.7 Å². The van der Waals surface area contributed by atoms with E-state index in [0.29, 0.717) is 6.54 Å². The minimum atomic E-state index is 0.289. The summed E-state index contributed by atoms with van der Waals surface area (Å²) in [5, 5.41) is 10.9. The van der Waals surface area contributed by atoms with E-state index >= 15 is 0 Å². The van der Waals surface area contributed by atoms with Crippen molar-refractivity contribution in [3.8, 4) is 11.5 Å². The Balaban J connectivity index is 2.07. The Hall–Kier alpha value is -2.46. The molecule has 0 spiro atoms. The second kappa shape index (κ2) is 6.34. The Bertz CT molecular complexity index is 819. The van der Waals surface area contributed by atoms with Gasteiger partial charge >= 0.3 is 0 Å². The summed E-state index contributed by atoms with van der Waals surface area (Å²) in [6, 6.07) is 13.6. The minimum Gasteiger partial charge on any atom is -0.508 e. The standard InChI is InChI=1S/C19H22N2O2/c1-13-17(9-10-20)18-11-15(22)5-8-19(18)21(13)12-14-3-6-16(23-2)7-4-14/h3-8,11,22H,9-10,12,20H2,1-2H3. The number of rotatable bonds is 5. The number of aromatic nitrogens is 1. The lowest BCUT2D eigenvalue weighted by atomic mass is 10.1. The maximum absolute atomic E-state index is 9.82. The second-order valence-electron chi connectivity index (χ2n) is 5.74. The molecule has 0 aliphatic carbocycles. The van der Waals surface area contributed by atoms with Gasteiger partial charge in [-0.3, -0.25) is 0 Å². The van der Waals surface area contributed by atoms with E-state index < -0.39 is 0 Å². The van der Waals surface area contributed by atoms with E-state index in [0.717, 1.165) is 29.6 Å². The van der Waals surface area contributed by atoms with Crippen LogP contribution in [0.2, 0.25) is 0 Å². The van der Waals surface area contributed by atoms with Crippen molar-refractivity contribution in [1.29, 1.82) is 0 Å². The highest BCUT2D eigenvalue weighted by Gasteiger charge is 2.14. The van der Waals surface area contributed by atoms with Crippen molar-refractivity contribution in [3.05, 3.63) is 59.3 Å². The molecule has 0 unspecified atom stereocenters. The summed E-state index contributed by atoms with van der Waals surface area (Å²) in [5.41, 5.74) is 10.5. The van der Waals surface area contributed by atoms with Crippen molar-refractivity contribution in [3.63, 3.8) is 0 Å². The van der Waals surface area contributed by atoms with Crippen LogP contribution in [0.25, 0.3) is 10.9 Å². The largest absolute Gasteiger partial charge is 0.508 e. The van der Waals surface area contributed by atoms with Crippen LogP contribution in [0.1, 0.15) is 16.8 Å². The fourth-order valence-electron chi connectivity index (χ4n) is 3.12. The van der Waals surface area contributed by atoms with Gasteiger partial charge < -0.3 is 20.1 Å². The van der Waals surface area contributed by atoms with E-state index in [2.05, 4.69) is 23.6 Å². The molecule has 0 saturated heterocycles. The number of hydrogen-bond donors (Lipinski definition) is 2. The smallest absolute Gasteiger partial charge is 0.118 e. The van der Waals surface area contributed by atoms with E-state index in [9.17, 15) is 5.11 Å². The molecule has 120 valence electrons. The monoisotopic (exact) mass is 310 g/mol. The topological polar surface area (TPSA) is 60.4 Å². The number of methoxy groups -OCH3 is 1. The van der Waals surface area contributed by atoms with Gasteiger partial charge in [-0.25, -0.2) is 0 Å². The minimum absolute atomic E-state index is 0.289. The molecule has 2 aromatic carbocycles. The van der Waals surface area contributed by atoms with Gasteiger partial charge in [0.15, 0.2) is 0 Å². The van der Waals surface area contributed by atoms with Crippen molar-refractivity contribution >= 4 is 10.9 Å². The van der Waals surface area contributed by atoms with Crippen LogP contribution in [-0.2, 0) is 13.0 Å². The number of hydrogen-bond acceptors (Lipinski definition) is 3. The molecule has 0 aliphatic heterocycles. The Labute approximate surface area is 136 Å². The molecule has 1 aromatic heterocycles. The number of nitrogens with zero attached hydrogens (tertiary/aromatic N) is 1. The van der Waals surface area contributed by atoms with Gasteiger partial charge in [0, 0.05) is 23.1 Å². The van der Waals surface area contributed by atoms with Crippen LogP contribution in [-0.4, -0.2) is 23.3 Å². The van der Waals surface area contributed by atoms with Crippen LogP contribution in [0.4, 0.5) is 0 Å². The first kappa shape index (κ1) is 15.4. The molecule has 1 heterocycles. The average Bonchev–Trinajstić information content (AvgIpc) is 2.81. The first-order valence-electron chi connectivity index (χ1n) is 7.77. The Morgan fingerprint density at radius 3 is 2.52 bits per heavy atom. The first-order valence-corrected chi connectivity index (χ1v) is 7.77. The van der Waals surface area contributed by atoms with Crippen LogP contribution >= 0.6 is 0 Å². The van der Waals surface area contributed by atoms with Crippen molar-refractivity contribution in [1.82, 2.24) is 4.57 Å². The molecule has 0 amide bonds. The lowest BCUT2D eigenvalue weighted by molar-refractivity contribution is 0.414. The Kier molecular flexibility index (Phi) is 4.26. The molecule has 4 nitrogen and oxygen atoms in total. The predicted molar refractivity (Wildman–Crippen MR) is 93.2 cm³/mol. The highest BCUT2D eigenvalue weighted by Crippen LogP contribution is 2.30. The van der Waals surface area contributed by atoms with E-state index in [1.165, 1.54) is 16.8 Å². The lowest BCUT2D eigenvalue weighted by Gasteiger charge is -2.10. The summed E-state index contributed by atoms with van der Waals surface area (Å²) in [7, 11) is 1.67. The van der Waals surface area contributed by atoms with E-state index in [1.807, 2.05) is 24.3 Å². The quantitative estimate of drug-likeness (QED) is 0.760. The second-order valence-corrected chi connectivity index (χ2v) is 5.74. The third-order valence-electron chi connectivity index (χ3n) is 4.33. The molecule has 0 aliphatic rings. The van der Waals surface area contributed by atoms with E-state index in [1.54, 1.807) is 13.2 Å². The van der Waals surface area contributed by atoms with Crippen molar-refractivity contribution in [2.24, 2.45) is 5.73 Å². The molecular formula is C19H22N2O2. The zero-order valence-electron chi connectivity index (χ0n) is 13.5. The summed E-state index contributed by atoms with van der Waals surface area (Å²) in [6.45, 7) is 3.49. The van der Waals surface area contributed by atoms with Crippen LogP contribution in [0.15, 0.2) is 42.5 Å². The molecule has 3 aromatic rings. The number of nitrogens with two attached hydrogens (primary N) is 1. The summed E-state index contributed by atoms with van der Waals surface area (Å²) < 4.78 is 7.49. The van der Waals surface area contributed by atoms with Gasteiger partial charge in [0.1, 0.15) is 11.5 Å². The molecule has 23 heavy (non-hydrogen) atoms. The van der Waals surface area contributed by atoms with Gasteiger partial charge in [0.2, 0.25) is 0 Å². The van der Waals surface area contributed by atoms with Gasteiger partial charge in [-0.15, -0.1) is 0 Å². The van der Waals surface area contributed by atoms with Crippen LogP contribution < -0.4 is 10.5 Å². The predicted octanol–water partition coefficient (Wildman–Crippen LogP) is 3.21. The number of phenols is 1. The SMILES string of the molecule is COc1ccc(Cn2c(C)c(CCN)c3cc(O)ccc32)cc1. The number of phenolic OH excluding ortho intramolecular Hbond substituents is 1. The summed E-state index contributed by atoms with van der Waals surface area (Å²) >= 11 is 0. The fraction of sp³-hybridized carbons (Fsp3) is 0.263. The van der Waals surface area contributed by atoms with Gasteiger partial charge in [-0.2, -0.15) is 0 Å². The maximum atomic E-state index is 9.82. The van der Waals surface area contributed by atoms with Crippen molar-refractivity contribution in [2.45, 2.75) is 19.9 Å². The molecule has 4 heteroatoms. The number of benzene rings is 2. The Morgan fingerprint density at radius 1 is 1.13 bits per heavy atom. The highest BCUT2D eigenvalue weighted by molar-refractivity contribution is 5.87. The summed E-state index contributed by atoms with van der Waals surface area (Å²) in [5.74, 6) is 1.15. The molecule has 3 rings (SSSR count). The zero-order chi connectivity index (χ0) is 16.4.